The Morgan fingerprint density at radius 1 is 1.29 bits per heavy atom. The molecule has 1 aliphatic rings. The van der Waals surface area contributed by atoms with Crippen LogP contribution in [0.4, 0.5) is 4.79 Å². The van der Waals surface area contributed by atoms with Gasteiger partial charge < -0.3 is 9.64 Å². The highest BCUT2D eigenvalue weighted by Crippen LogP contribution is 2.08. The summed E-state index contributed by atoms with van der Waals surface area (Å²) in [4.78, 5) is 12.9. The smallest absolute Gasteiger partial charge is 0.410 e. The number of benzene rings is 1. The third-order valence-electron chi connectivity index (χ3n) is 2.16. The molecule has 1 saturated heterocycles. The number of carbonyl (C=O) groups is 1. The van der Waals surface area contributed by atoms with Crippen LogP contribution in [0.5, 0.6) is 0 Å². The van der Waals surface area contributed by atoms with Gasteiger partial charge >= 0.3 is 6.09 Å². The van der Waals surface area contributed by atoms with Gasteiger partial charge in [0.25, 0.3) is 0 Å². The first kappa shape index (κ1) is 9.06. The van der Waals surface area contributed by atoms with Crippen LogP contribution in [0.25, 0.3) is 0 Å². The predicted octanol–water partition coefficient (Wildman–Crippen LogP) is 1.84. The Hall–Kier alpha value is -1.51. The van der Waals surface area contributed by atoms with Crippen LogP contribution in [0.15, 0.2) is 30.3 Å². The topological polar surface area (TPSA) is 29.5 Å². The molecule has 1 aliphatic heterocycles. The van der Waals surface area contributed by atoms with Gasteiger partial charge in [-0.15, -0.1) is 0 Å². The molecule has 0 bridgehead atoms. The standard InChI is InChI=1S/C11H12NO2/c13-11(12-7-4-8-12)14-9-10-5-2-1-3-6-10/h1-6H,7-9H2. The van der Waals surface area contributed by atoms with Crippen molar-refractivity contribution < 1.29 is 9.53 Å². The highest BCUT2D eigenvalue weighted by atomic mass is 16.6. The van der Waals surface area contributed by atoms with Crippen molar-refractivity contribution in [3.05, 3.63) is 42.3 Å². The molecule has 1 aromatic rings. The molecule has 0 atom stereocenters. The molecule has 1 heterocycles. The third-order valence-corrected chi connectivity index (χ3v) is 2.16. The second kappa shape index (κ2) is 4.13. The lowest BCUT2D eigenvalue weighted by Gasteiger charge is -2.29. The maximum absolute atomic E-state index is 11.3. The van der Waals surface area contributed by atoms with Crippen molar-refractivity contribution in [2.24, 2.45) is 0 Å². The van der Waals surface area contributed by atoms with Gasteiger partial charge in [0, 0.05) is 19.5 Å². The largest absolute Gasteiger partial charge is 0.445 e. The molecule has 73 valence electrons. The molecule has 3 nitrogen and oxygen atoms in total. The summed E-state index contributed by atoms with van der Waals surface area (Å²) in [5, 5.41) is 0. The van der Waals surface area contributed by atoms with Crippen molar-refractivity contribution in [3.63, 3.8) is 0 Å². The van der Waals surface area contributed by atoms with Crippen LogP contribution >= 0.6 is 0 Å². The number of carbonyl (C=O) groups excluding carboxylic acids is 1. The number of rotatable bonds is 2. The fourth-order valence-electron chi connectivity index (χ4n) is 1.22. The summed E-state index contributed by atoms with van der Waals surface area (Å²) >= 11 is 0. The quantitative estimate of drug-likeness (QED) is 0.712. The Bertz CT molecular complexity index is 306. The molecule has 1 fully saturated rings. The zero-order valence-electron chi connectivity index (χ0n) is 7.85. The molecule has 2 rings (SSSR count). The maximum Gasteiger partial charge on any atom is 0.410 e. The molecule has 0 aliphatic carbocycles. The summed E-state index contributed by atoms with van der Waals surface area (Å²) in [6.45, 7) is 1.79. The van der Waals surface area contributed by atoms with Crippen molar-refractivity contribution in [1.82, 2.24) is 4.90 Å². The van der Waals surface area contributed by atoms with Crippen LogP contribution in [0.2, 0.25) is 0 Å². The van der Waals surface area contributed by atoms with Crippen LogP contribution in [0.1, 0.15) is 5.56 Å². The minimum absolute atomic E-state index is 0.226. The Labute approximate surface area is 83.3 Å². The van der Waals surface area contributed by atoms with Gasteiger partial charge in [0.15, 0.2) is 0 Å². The number of likely N-dealkylation sites (tertiary alicyclic amines) is 1. The van der Waals surface area contributed by atoms with E-state index in [1.54, 1.807) is 4.90 Å². The summed E-state index contributed by atoms with van der Waals surface area (Å²) in [6, 6.07) is 9.68. The van der Waals surface area contributed by atoms with Crippen molar-refractivity contribution >= 4 is 6.09 Å². The van der Waals surface area contributed by atoms with Crippen LogP contribution < -0.4 is 0 Å². The van der Waals surface area contributed by atoms with Gasteiger partial charge in [0.05, 0.1) is 0 Å². The summed E-state index contributed by atoms with van der Waals surface area (Å²) in [7, 11) is 0. The van der Waals surface area contributed by atoms with E-state index < -0.39 is 0 Å². The number of nitrogens with zero attached hydrogens (tertiary/aromatic N) is 1. The second-order valence-corrected chi connectivity index (χ2v) is 3.23. The molecule has 0 saturated carbocycles. The average Bonchev–Trinajstić information content (AvgIpc) is 2.14. The summed E-state index contributed by atoms with van der Waals surface area (Å²) in [5.41, 5.74) is 1.02. The highest BCUT2D eigenvalue weighted by molar-refractivity contribution is 5.69. The molecular formula is C11H12NO2. The minimum Gasteiger partial charge on any atom is -0.445 e. The predicted molar refractivity (Wildman–Crippen MR) is 52.5 cm³/mol. The van der Waals surface area contributed by atoms with E-state index in [0.717, 1.165) is 5.56 Å². The molecule has 1 radical (unpaired) electrons. The van der Waals surface area contributed by atoms with Gasteiger partial charge in [-0.3, -0.25) is 0 Å². The SMILES string of the molecule is O=C(OCc1ccccc1)N1C[CH]C1. The van der Waals surface area contributed by atoms with Crippen molar-refractivity contribution in [3.8, 4) is 0 Å². The molecule has 14 heavy (non-hydrogen) atoms. The number of hydrogen-bond donors (Lipinski definition) is 0. The zero-order valence-corrected chi connectivity index (χ0v) is 7.85. The number of ether oxygens (including phenoxy) is 1. The number of hydrogen-bond acceptors (Lipinski definition) is 2. The first-order valence-electron chi connectivity index (χ1n) is 4.63. The van der Waals surface area contributed by atoms with Gasteiger partial charge in [-0.05, 0) is 5.56 Å². The molecule has 1 aromatic carbocycles. The molecule has 3 heteroatoms. The molecule has 0 unspecified atom stereocenters. The van der Waals surface area contributed by atoms with E-state index in [2.05, 4.69) is 0 Å². The van der Waals surface area contributed by atoms with Crippen molar-refractivity contribution in [1.29, 1.82) is 0 Å². The fourth-order valence-corrected chi connectivity index (χ4v) is 1.22. The number of amides is 1. The van der Waals surface area contributed by atoms with Crippen LogP contribution in [-0.4, -0.2) is 24.1 Å². The van der Waals surface area contributed by atoms with Crippen molar-refractivity contribution in [2.45, 2.75) is 6.61 Å². The second-order valence-electron chi connectivity index (χ2n) is 3.23. The lowest BCUT2D eigenvalue weighted by atomic mass is 10.2. The lowest BCUT2D eigenvalue weighted by molar-refractivity contribution is 0.0892. The van der Waals surface area contributed by atoms with Crippen LogP contribution in [-0.2, 0) is 11.3 Å². The maximum atomic E-state index is 11.3. The molecule has 0 N–H and O–H groups in total. The summed E-state index contributed by atoms with van der Waals surface area (Å²) in [5.74, 6) is 0. The van der Waals surface area contributed by atoms with Crippen LogP contribution in [0, 0.1) is 6.42 Å². The molecule has 0 aromatic heterocycles. The summed E-state index contributed by atoms with van der Waals surface area (Å²) in [6.07, 6.45) is 1.81. The minimum atomic E-state index is -0.226. The first-order chi connectivity index (χ1) is 6.86. The van der Waals surface area contributed by atoms with Gasteiger partial charge in [-0.1, -0.05) is 30.3 Å². The normalized spacial score (nSPS) is 14.7. The average molecular weight is 190 g/mol. The lowest BCUT2D eigenvalue weighted by Crippen LogP contribution is -2.42. The fraction of sp³-hybridized carbons (Fsp3) is 0.273. The van der Waals surface area contributed by atoms with E-state index in [1.165, 1.54) is 0 Å². The zero-order chi connectivity index (χ0) is 9.80. The molecule has 0 spiro atoms. The Morgan fingerprint density at radius 2 is 2.00 bits per heavy atom. The van der Waals surface area contributed by atoms with E-state index in [1.807, 2.05) is 36.8 Å². The van der Waals surface area contributed by atoms with E-state index in [4.69, 9.17) is 4.74 Å². The summed E-state index contributed by atoms with van der Waals surface area (Å²) < 4.78 is 5.10. The van der Waals surface area contributed by atoms with Crippen LogP contribution in [0.3, 0.4) is 0 Å². The molecular weight excluding hydrogens is 178 g/mol. The van der Waals surface area contributed by atoms with Gasteiger partial charge in [-0.25, -0.2) is 4.79 Å². The van der Waals surface area contributed by atoms with Gasteiger partial charge in [0.2, 0.25) is 0 Å². The van der Waals surface area contributed by atoms with E-state index in [0.29, 0.717) is 19.7 Å². The monoisotopic (exact) mass is 190 g/mol. The molecule has 1 amide bonds. The Kier molecular flexibility index (Phi) is 2.68. The van der Waals surface area contributed by atoms with Gasteiger partial charge in [-0.2, -0.15) is 0 Å². The van der Waals surface area contributed by atoms with Gasteiger partial charge in [0.1, 0.15) is 6.61 Å². The van der Waals surface area contributed by atoms with Crippen molar-refractivity contribution in [2.75, 3.05) is 13.1 Å². The highest BCUT2D eigenvalue weighted by Gasteiger charge is 2.21. The Balaban J connectivity index is 1.79. The van der Waals surface area contributed by atoms with E-state index in [9.17, 15) is 4.79 Å². The first-order valence-corrected chi connectivity index (χ1v) is 4.63. The third kappa shape index (κ3) is 2.05. The van der Waals surface area contributed by atoms with E-state index >= 15 is 0 Å². The van der Waals surface area contributed by atoms with E-state index in [-0.39, 0.29) is 6.09 Å². The Morgan fingerprint density at radius 3 is 2.57 bits per heavy atom.